The lowest BCUT2D eigenvalue weighted by atomic mass is 9.80. The number of hydrogen-bond donors (Lipinski definition) is 2. The van der Waals surface area contributed by atoms with E-state index >= 15 is 0 Å². The number of rotatable bonds is 2. The van der Waals surface area contributed by atoms with Crippen LogP contribution >= 0.6 is 27.3 Å². The highest BCUT2D eigenvalue weighted by Gasteiger charge is 2.49. The lowest BCUT2D eigenvalue weighted by Gasteiger charge is -2.39. The number of carbonyl (C=O) groups excluding carboxylic acids is 3. The Morgan fingerprint density at radius 3 is 2.86 bits per heavy atom. The normalized spacial score (nSPS) is 28.5. The zero-order chi connectivity index (χ0) is 15.9. The molecule has 0 aromatic carbocycles. The number of carbonyl (C=O) groups is 3. The van der Waals surface area contributed by atoms with Gasteiger partial charge < -0.3 is 10.2 Å². The summed E-state index contributed by atoms with van der Waals surface area (Å²) in [7, 11) is 0. The molecule has 0 aliphatic carbocycles. The van der Waals surface area contributed by atoms with Crippen molar-refractivity contribution in [2.75, 3.05) is 13.1 Å². The fraction of sp³-hybridized carbons (Fsp3) is 0.500. The summed E-state index contributed by atoms with van der Waals surface area (Å²) >= 11 is 4.83. The van der Waals surface area contributed by atoms with Crippen LogP contribution < -0.4 is 10.6 Å². The summed E-state index contributed by atoms with van der Waals surface area (Å²) in [6.45, 7) is 2.87. The predicted octanol–water partition coefficient (Wildman–Crippen LogP) is 1.96. The van der Waals surface area contributed by atoms with Crippen molar-refractivity contribution in [1.82, 2.24) is 15.5 Å². The molecule has 2 saturated heterocycles. The van der Waals surface area contributed by atoms with Gasteiger partial charge in [-0.3, -0.25) is 14.9 Å². The molecule has 2 aliphatic rings. The van der Waals surface area contributed by atoms with Crippen molar-refractivity contribution in [3.8, 4) is 0 Å². The third-order valence-electron chi connectivity index (χ3n) is 4.41. The molecule has 118 valence electrons. The lowest BCUT2D eigenvalue weighted by Crippen LogP contribution is -2.56. The number of piperidine rings is 1. The molecule has 0 spiro atoms. The topological polar surface area (TPSA) is 78.5 Å². The number of halogens is 1. The standard InChI is InChI=1S/C14H16BrN3O3S/c1-14(12(20)16-13(21)17-14)9-3-2-4-18(6-9)11(19)8-5-10(15)22-7-8/h5,7,9H,2-4,6H2,1H3,(H2,16,17,20,21). The Kier molecular flexibility index (Phi) is 3.98. The van der Waals surface area contributed by atoms with E-state index in [1.165, 1.54) is 11.3 Å². The molecule has 2 N–H and O–H groups in total. The minimum atomic E-state index is -0.939. The third kappa shape index (κ3) is 2.65. The maximum Gasteiger partial charge on any atom is 0.322 e. The van der Waals surface area contributed by atoms with Gasteiger partial charge in [0.1, 0.15) is 5.54 Å². The molecule has 2 fully saturated rings. The van der Waals surface area contributed by atoms with Crippen molar-refractivity contribution >= 4 is 45.1 Å². The highest BCUT2D eigenvalue weighted by atomic mass is 79.9. The minimum Gasteiger partial charge on any atom is -0.338 e. The number of nitrogens with one attached hydrogen (secondary N) is 2. The molecule has 3 heterocycles. The van der Waals surface area contributed by atoms with Crippen molar-refractivity contribution in [1.29, 1.82) is 0 Å². The summed E-state index contributed by atoms with van der Waals surface area (Å²) < 4.78 is 0.916. The van der Waals surface area contributed by atoms with Gasteiger partial charge >= 0.3 is 6.03 Å². The van der Waals surface area contributed by atoms with Gasteiger partial charge in [-0.15, -0.1) is 11.3 Å². The monoisotopic (exact) mass is 385 g/mol. The molecular formula is C14H16BrN3O3S. The zero-order valence-electron chi connectivity index (χ0n) is 12.0. The molecule has 4 amide bonds. The van der Waals surface area contributed by atoms with Gasteiger partial charge in [0.25, 0.3) is 11.8 Å². The summed E-state index contributed by atoms with van der Waals surface area (Å²) in [4.78, 5) is 37.8. The largest absolute Gasteiger partial charge is 0.338 e. The Hall–Kier alpha value is -1.41. The summed E-state index contributed by atoms with van der Waals surface area (Å²) in [5, 5.41) is 6.82. The molecule has 0 radical (unpaired) electrons. The van der Waals surface area contributed by atoms with Gasteiger partial charge in [0.15, 0.2) is 0 Å². The van der Waals surface area contributed by atoms with Crippen LogP contribution in [0, 0.1) is 5.92 Å². The van der Waals surface area contributed by atoms with Gasteiger partial charge in [0.05, 0.1) is 9.35 Å². The molecular weight excluding hydrogens is 370 g/mol. The summed E-state index contributed by atoms with van der Waals surface area (Å²) in [5.41, 5.74) is -0.284. The van der Waals surface area contributed by atoms with Crippen molar-refractivity contribution in [3.63, 3.8) is 0 Å². The van der Waals surface area contributed by atoms with E-state index in [4.69, 9.17) is 0 Å². The first-order valence-electron chi connectivity index (χ1n) is 7.07. The average Bonchev–Trinajstić information content (AvgIpc) is 3.03. The number of imide groups is 1. The summed E-state index contributed by atoms with van der Waals surface area (Å²) in [6, 6.07) is 1.35. The van der Waals surface area contributed by atoms with Crippen molar-refractivity contribution in [2.24, 2.45) is 5.92 Å². The first-order valence-corrected chi connectivity index (χ1v) is 8.74. The fourth-order valence-electron chi connectivity index (χ4n) is 3.08. The SMILES string of the molecule is CC1(C2CCCN(C(=O)c3csc(Br)c3)C2)NC(=O)NC1=O. The van der Waals surface area contributed by atoms with Gasteiger partial charge in [-0.05, 0) is 41.8 Å². The van der Waals surface area contributed by atoms with E-state index in [-0.39, 0.29) is 17.7 Å². The van der Waals surface area contributed by atoms with Crippen molar-refractivity contribution < 1.29 is 14.4 Å². The first kappa shape index (κ1) is 15.5. The fourth-order valence-corrected chi connectivity index (χ4v) is 4.21. The zero-order valence-corrected chi connectivity index (χ0v) is 14.4. The highest BCUT2D eigenvalue weighted by Crippen LogP contribution is 2.31. The molecule has 22 heavy (non-hydrogen) atoms. The maximum atomic E-state index is 12.5. The van der Waals surface area contributed by atoms with Crippen LogP contribution in [0.5, 0.6) is 0 Å². The van der Waals surface area contributed by atoms with E-state index in [0.29, 0.717) is 18.7 Å². The number of likely N-dealkylation sites (tertiary alicyclic amines) is 1. The molecule has 1 aromatic heterocycles. The van der Waals surface area contributed by atoms with Gasteiger partial charge in [-0.1, -0.05) is 0 Å². The molecule has 2 atom stereocenters. The molecule has 3 rings (SSSR count). The van der Waals surface area contributed by atoms with E-state index in [1.54, 1.807) is 11.8 Å². The first-order chi connectivity index (χ1) is 10.4. The average molecular weight is 386 g/mol. The van der Waals surface area contributed by atoms with E-state index in [1.807, 2.05) is 11.4 Å². The number of amides is 4. The van der Waals surface area contributed by atoms with Gasteiger partial charge in [0, 0.05) is 24.4 Å². The number of urea groups is 1. The molecule has 2 aliphatic heterocycles. The van der Waals surface area contributed by atoms with Crippen LogP contribution in [-0.2, 0) is 4.79 Å². The quantitative estimate of drug-likeness (QED) is 0.763. The van der Waals surface area contributed by atoms with Gasteiger partial charge in [-0.25, -0.2) is 4.79 Å². The van der Waals surface area contributed by atoms with Crippen LogP contribution in [0.2, 0.25) is 0 Å². The number of thiophene rings is 1. The highest BCUT2D eigenvalue weighted by molar-refractivity contribution is 9.11. The van der Waals surface area contributed by atoms with Crippen molar-refractivity contribution in [2.45, 2.75) is 25.3 Å². The van der Waals surface area contributed by atoms with Crippen LogP contribution in [-0.4, -0.2) is 41.4 Å². The maximum absolute atomic E-state index is 12.5. The van der Waals surface area contributed by atoms with Crippen LogP contribution in [0.15, 0.2) is 15.2 Å². The number of nitrogens with zero attached hydrogens (tertiary/aromatic N) is 1. The second-order valence-electron chi connectivity index (χ2n) is 5.84. The van der Waals surface area contributed by atoms with E-state index in [2.05, 4.69) is 26.6 Å². The number of hydrogen-bond acceptors (Lipinski definition) is 4. The molecule has 2 unspecified atom stereocenters. The summed E-state index contributed by atoms with van der Waals surface area (Å²) in [5.74, 6) is -0.422. The molecule has 0 bridgehead atoms. The van der Waals surface area contributed by atoms with Crippen LogP contribution in [0.1, 0.15) is 30.1 Å². The van der Waals surface area contributed by atoms with E-state index in [9.17, 15) is 14.4 Å². The second-order valence-corrected chi connectivity index (χ2v) is 8.13. The predicted molar refractivity (Wildman–Crippen MR) is 85.7 cm³/mol. The van der Waals surface area contributed by atoms with Crippen LogP contribution in [0.25, 0.3) is 0 Å². The lowest BCUT2D eigenvalue weighted by molar-refractivity contribution is -0.125. The van der Waals surface area contributed by atoms with Crippen LogP contribution in [0.4, 0.5) is 4.79 Å². The Balaban J connectivity index is 1.76. The molecule has 1 aromatic rings. The minimum absolute atomic E-state index is 0.0278. The van der Waals surface area contributed by atoms with Crippen molar-refractivity contribution in [3.05, 3.63) is 20.8 Å². The Bertz CT molecular complexity index is 647. The molecule has 0 saturated carbocycles. The van der Waals surface area contributed by atoms with Gasteiger partial charge in [0.2, 0.25) is 0 Å². The Morgan fingerprint density at radius 2 is 2.27 bits per heavy atom. The molecule has 8 heteroatoms. The van der Waals surface area contributed by atoms with Crippen LogP contribution in [0.3, 0.4) is 0 Å². The van der Waals surface area contributed by atoms with Gasteiger partial charge in [-0.2, -0.15) is 0 Å². The van der Waals surface area contributed by atoms with E-state index in [0.717, 1.165) is 16.6 Å². The second kappa shape index (κ2) is 5.66. The smallest absolute Gasteiger partial charge is 0.322 e. The van der Waals surface area contributed by atoms with E-state index < -0.39 is 11.6 Å². The Labute approximate surface area is 140 Å². The Morgan fingerprint density at radius 1 is 1.50 bits per heavy atom. The summed E-state index contributed by atoms with van der Waals surface area (Å²) in [6.07, 6.45) is 1.63. The molecule has 6 nitrogen and oxygen atoms in total. The third-order valence-corrected chi connectivity index (χ3v) is 5.92.